The highest BCUT2D eigenvalue weighted by Gasteiger charge is 2.05. The highest BCUT2D eigenvalue weighted by atomic mass is 19.1. The molecular weight excluding hydrogens is 271 g/mol. The molecule has 3 aromatic rings. The monoisotopic (exact) mass is 284 g/mol. The molecule has 2 aromatic heterocycles. The van der Waals surface area contributed by atoms with Gasteiger partial charge in [-0.15, -0.1) is 0 Å². The minimum Gasteiger partial charge on any atom is -0.457 e. The zero-order valence-electron chi connectivity index (χ0n) is 11.3. The Kier molecular flexibility index (Phi) is 3.27. The first-order valence-electron chi connectivity index (χ1n) is 6.32. The van der Waals surface area contributed by atoms with Gasteiger partial charge in [-0.25, -0.2) is 14.1 Å². The van der Waals surface area contributed by atoms with Gasteiger partial charge in [-0.1, -0.05) is 0 Å². The lowest BCUT2D eigenvalue weighted by atomic mass is 10.3. The van der Waals surface area contributed by atoms with E-state index in [0.29, 0.717) is 17.3 Å². The van der Waals surface area contributed by atoms with Crippen molar-refractivity contribution in [2.75, 3.05) is 5.73 Å². The van der Waals surface area contributed by atoms with Gasteiger partial charge in [0.25, 0.3) is 0 Å². The molecule has 0 saturated carbocycles. The minimum absolute atomic E-state index is 0.0878. The molecule has 0 radical (unpaired) electrons. The Morgan fingerprint density at radius 1 is 1.19 bits per heavy atom. The number of benzene rings is 1. The summed E-state index contributed by atoms with van der Waals surface area (Å²) in [4.78, 5) is 4.22. The van der Waals surface area contributed by atoms with Crippen LogP contribution < -0.4 is 10.5 Å². The Hall–Kier alpha value is -2.89. The summed E-state index contributed by atoms with van der Waals surface area (Å²) in [5, 5.41) is 4.18. The third-order valence-electron chi connectivity index (χ3n) is 2.87. The number of aromatic nitrogens is 3. The lowest BCUT2D eigenvalue weighted by molar-refractivity contribution is 0.476. The van der Waals surface area contributed by atoms with Crippen molar-refractivity contribution in [3.63, 3.8) is 0 Å². The fourth-order valence-electron chi connectivity index (χ4n) is 1.83. The summed E-state index contributed by atoms with van der Waals surface area (Å²) < 4.78 is 20.6. The summed E-state index contributed by atoms with van der Waals surface area (Å²) in [6.45, 7) is 1.95. The van der Waals surface area contributed by atoms with Crippen LogP contribution in [0.15, 0.2) is 48.9 Å². The van der Waals surface area contributed by atoms with Crippen molar-refractivity contribution in [3.8, 4) is 17.3 Å². The maximum Gasteiger partial charge on any atom is 0.156 e. The summed E-state index contributed by atoms with van der Waals surface area (Å²) in [7, 11) is 0. The van der Waals surface area contributed by atoms with Gasteiger partial charge in [0.2, 0.25) is 0 Å². The maximum atomic E-state index is 13.4. The first-order valence-corrected chi connectivity index (χ1v) is 6.32. The Bertz CT molecular complexity index is 785. The molecule has 0 aliphatic rings. The first-order chi connectivity index (χ1) is 10.1. The lowest BCUT2D eigenvalue weighted by Gasteiger charge is -2.08. The van der Waals surface area contributed by atoms with Gasteiger partial charge >= 0.3 is 0 Å². The summed E-state index contributed by atoms with van der Waals surface area (Å²) >= 11 is 0. The first kappa shape index (κ1) is 13.1. The molecular formula is C15H13FN4O. The van der Waals surface area contributed by atoms with E-state index in [0.717, 1.165) is 5.56 Å². The Balaban J connectivity index is 1.87. The number of ether oxygens (including phenoxy) is 1. The molecule has 0 bridgehead atoms. The van der Waals surface area contributed by atoms with Crippen molar-refractivity contribution in [1.29, 1.82) is 0 Å². The Morgan fingerprint density at radius 3 is 2.71 bits per heavy atom. The van der Waals surface area contributed by atoms with Gasteiger partial charge in [-0.05, 0) is 30.7 Å². The van der Waals surface area contributed by atoms with Crippen LogP contribution in [0.3, 0.4) is 0 Å². The number of aryl methyl sites for hydroxylation is 1. The van der Waals surface area contributed by atoms with E-state index < -0.39 is 5.82 Å². The SMILES string of the molecule is Cc1cnn(-c2cc(Oc3ccc(N)c(F)c3)ccn2)c1. The average Bonchev–Trinajstić information content (AvgIpc) is 2.90. The predicted octanol–water partition coefficient (Wildman–Crippen LogP) is 3.09. The van der Waals surface area contributed by atoms with E-state index in [1.807, 2.05) is 13.1 Å². The molecule has 2 N–H and O–H groups in total. The number of hydrogen-bond acceptors (Lipinski definition) is 4. The van der Waals surface area contributed by atoms with E-state index >= 15 is 0 Å². The maximum absolute atomic E-state index is 13.4. The molecule has 0 spiro atoms. The second-order valence-electron chi connectivity index (χ2n) is 4.60. The van der Waals surface area contributed by atoms with Crippen LogP contribution in [0.25, 0.3) is 5.82 Å². The molecule has 0 saturated heterocycles. The molecule has 2 heterocycles. The molecule has 0 fully saturated rings. The van der Waals surface area contributed by atoms with E-state index in [9.17, 15) is 4.39 Å². The van der Waals surface area contributed by atoms with Gasteiger partial charge in [0.15, 0.2) is 5.82 Å². The van der Waals surface area contributed by atoms with Gasteiger partial charge in [0.05, 0.1) is 11.9 Å². The predicted molar refractivity (Wildman–Crippen MR) is 77.0 cm³/mol. The number of rotatable bonds is 3. The Morgan fingerprint density at radius 2 is 2.00 bits per heavy atom. The normalized spacial score (nSPS) is 10.6. The van der Waals surface area contributed by atoms with Crippen LogP contribution in [0.5, 0.6) is 11.5 Å². The number of pyridine rings is 1. The molecule has 0 aliphatic carbocycles. The molecule has 5 nitrogen and oxygen atoms in total. The van der Waals surface area contributed by atoms with Crippen molar-refractivity contribution in [1.82, 2.24) is 14.8 Å². The fraction of sp³-hybridized carbons (Fsp3) is 0.0667. The van der Waals surface area contributed by atoms with Crippen molar-refractivity contribution in [2.24, 2.45) is 0 Å². The van der Waals surface area contributed by atoms with Gasteiger partial charge in [-0.3, -0.25) is 0 Å². The molecule has 0 unspecified atom stereocenters. The number of nitrogen functional groups attached to an aromatic ring is 1. The Labute approximate surface area is 120 Å². The average molecular weight is 284 g/mol. The molecule has 0 atom stereocenters. The van der Waals surface area contributed by atoms with E-state index in [1.165, 1.54) is 12.1 Å². The second-order valence-corrected chi connectivity index (χ2v) is 4.60. The van der Waals surface area contributed by atoms with Gasteiger partial charge < -0.3 is 10.5 Å². The summed E-state index contributed by atoms with van der Waals surface area (Å²) in [5.41, 5.74) is 6.55. The van der Waals surface area contributed by atoms with E-state index in [2.05, 4.69) is 10.1 Å². The van der Waals surface area contributed by atoms with Gasteiger partial charge in [0, 0.05) is 24.5 Å². The zero-order chi connectivity index (χ0) is 14.8. The van der Waals surface area contributed by atoms with Crippen molar-refractivity contribution in [2.45, 2.75) is 6.92 Å². The second kappa shape index (κ2) is 5.24. The third-order valence-corrected chi connectivity index (χ3v) is 2.87. The lowest BCUT2D eigenvalue weighted by Crippen LogP contribution is -1.98. The molecule has 21 heavy (non-hydrogen) atoms. The largest absolute Gasteiger partial charge is 0.457 e. The van der Waals surface area contributed by atoms with E-state index in [-0.39, 0.29) is 5.69 Å². The quantitative estimate of drug-likeness (QED) is 0.750. The van der Waals surface area contributed by atoms with Crippen LogP contribution in [-0.4, -0.2) is 14.8 Å². The molecule has 6 heteroatoms. The van der Waals surface area contributed by atoms with Crippen LogP contribution in [-0.2, 0) is 0 Å². The highest BCUT2D eigenvalue weighted by molar-refractivity contribution is 5.45. The summed E-state index contributed by atoms with van der Waals surface area (Å²) in [6.07, 6.45) is 5.20. The number of hydrogen-bond donors (Lipinski definition) is 1. The molecule has 0 aliphatic heterocycles. The summed E-state index contributed by atoms with van der Waals surface area (Å²) in [5.74, 6) is 1.02. The zero-order valence-corrected chi connectivity index (χ0v) is 11.3. The summed E-state index contributed by atoms with van der Waals surface area (Å²) in [6, 6.07) is 7.72. The third kappa shape index (κ3) is 2.84. The molecule has 3 rings (SSSR count). The van der Waals surface area contributed by atoms with Gasteiger partial charge in [0.1, 0.15) is 17.3 Å². The van der Waals surface area contributed by atoms with Crippen LogP contribution in [0.2, 0.25) is 0 Å². The molecule has 1 aromatic carbocycles. The van der Waals surface area contributed by atoms with Gasteiger partial charge in [-0.2, -0.15) is 5.10 Å². The smallest absolute Gasteiger partial charge is 0.156 e. The van der Waals surface area contributed by atoms with Crippen LogP contribution in [0.4, 0.5) is 10.1 Å². The number of nitrogens with zero attached hydrogens (tertiary/aromatic N) is 3. The number of halogens is 1. The van der Waals surface area contributed by atoms with Crippen molar-refractivity contribution < 1.29 is 9.13 Å². The molecule has 106 valence electrons. The highest BCUT2D eigenvalue weighted by Crippen LogP contribution is 2.25. The van der Waals surface area contributed by atoms with E-state index in [4.69, 9.17) is 10.5 Å². The minimum atomic E-state index is -0.510. The van der Waals surface area contributed by atoms with Crippen molar-refractivity contribution >= 4 is 5.69 Å². The van der Waals surface area contributed by atoms with Crippen LogP contribution in [0.1, 0.15) is 5.56 Å². The van der Waals surface area contributed by atoms with Crippen molar-refractivity contribution in [3.05, 3.63) is 60.3 Å². The van der Waals surface area contributed by atoms with Crippen LogP contribution >= 0.6 is 0 Å². The number of anilines is 1. The topological polar surface area (TPSA) is 66.0 Å². The standard InChI is InChI=1S/C15H13FN4O/c1-10-8-19-20(9-10)15-7-12(4-5-18-15)21-11-2-3-14(17)13(16)6-11/h2-9H,17H2,1H3. The van der Waals surface area contributed by atoms with Crippen LogP contribution in [0, 0.1) is 12.7 Å². The number of nitrogens with two attached hydrogens (primary N) is 1. The molecule has 0 amide bonds. The fourth-order valence-corrected chi connectivity index (χ4v) is 1.83. The van der Waals surface area contributed by atoms with E-state index in [1.54, 1.807) is 35.3 Å².